The highest BCUT2D eigenvalue weighted by Crippen LogP contribution is 2.37. The van der Waals surface area contributed by atoms with Crippen LogP contribution in [0.15, 0.2) is 24.4 Å². The van der Waals surface area contributed by atoms with Crippen LogP contribution in [0.25, 0.3) is 16.7 Å². The van der Waals surface area contributed by atoms with E-state index in [1.807, 2.05) is 6.92 Å². The zero-order valence-electron chi connectivity index (χ0n) is 12.4. The van der Waals surface area contributed by atoms with Crippen LogP contribution in [0.3, 0.4) is 0 Å². The van der Waals surface area contributed by atoms with Crippen molar-refractivity contribution in [3.8, 4) is 11.4 Å². The van der Waals surface area contributed by atoms with Crippen molar-refractivity contribution in [2.45, 2.75) is 13.8 Å². The topological polar surface area (TPSA) is 81.1 Å². The maximum atomic E-state index is 11.8. The highest BCUT2D eigenvalue weighted by Gasteiger charge is 2.24. The molecule has 2 heterocycles. The first-order chi connectivity index (χ1) is 10.8. The molecule has 0 saturated heterocycles. The Balaban J connectivity index is 2.52. The van der Waals surface area contributed by atoms with Gasteiger partial charge in [0.25, 0.3) is 5.91 Å². The van der Waals surface area contributed by atoms with E-state index in [0.29, 0.717) is 27.3 Å². The summed E-state index contributed by atoms with van der Waals surface area (Å²) in [6, 6.07) is 4.96. The Morgan fingerprint density at radius 2 is 2.00 bits per heavy atom. The Morgan fingerprint density at radius 3 is 2.65 bits per heavy atom. The van der Waals surface area contributed by atoms with Crippen molar-refractivity contribution in [2.75, 3.05) is 0 Å². The van der Waals surface area contributed by atoms with Crippen molar-refractivity contribution in [1.82, 2.24) is 9.55 Å². The van der Waals surface area contributed by atoms with Gasteiger partial charge in [0, 0.05) is 17.1 Å². The number of fused-ring (bicyclic) bond motifs is 1. The van der Waals surface area contributed by atoms with Crippen LogP contribution >= 0.6 is 23.2 Å². The second-order valence-corrected chi connectivity index (χ2v) is 6.06. The average Bonchev–Trinajstić information content (AvgIpc) is 2.75. The fraction of sp³-hybridized carbons (Fsp3) is 0.125. The lowest BCUT2D eigenvalue weighted by Crippen LogP contribution is -2.11. The molecule has 0 radical (unpaired) electrons. The van der Waals surface area contributed by atoms with E-state index in [1.165, 1.54) is 6.20 Å². The monoisotopic (exact) mass is 349 g/mol. The summed E-state index contributed by atoms with van der Waals surface area (Å²) in [5, 5.41) is 11.0. The van der Waals surface area contributed by atoms with Crippen LogP contribution in [-0.4, -0.2) is 20.6 Å². The number of phenolic OH excluding ortho intramolecular Hbond substituents is 1. The third kappa shape index (κ3) is 2.33. The van der Waals surface area contributed by atoms with Gasteiger partial charge in [0.1, 0.15) is 16.5 Å². The molecule has 1 amide bonds. The van der Waals surface area contributed by atoms with Crippen molar-refractivity contribution in [3.63, 3.8) is 0 Å². The summed E-state index contributed by atoms with van der Waals surface area (Å²) < 4.78 is 1.61. The molecule has 23 heavy (non-hydrogen) atoms. The molecule has 2 aromatic heterocycles. The van der Waals surface area contributed by atoms with Gasteiger partial charge in [-0.2, -0.15) is 0 Å². The quantitative estimate of drug-likeness (QED) is 0.739. The summed E-state index contributed by atoms with van der Waals surface area (Å²) in [4.78, 5) is 16.1. The number of primary amides is 1. The predicted molar refractivity (Wildman–Crippen MR) is 90.7 cm³/mol. The largest absolute Gasteiger partial charge is 0.508 e. The second kappa shape index (κ2) is 5.44. The van der Waals surface area contributed by atoms with Crippen molar-refractivity contribution >= 4 is 40.1 Å². The van der Waals surface area contributed by atoms with Gasteiger partial charge in [0.05, 0.1) is 16.3 Å². The number of benzene rings is 1. The third-order valence-electron chi connectivity index (χ3n) is 3.79. The predicted octanol–water partition coefficient (Wildman–Crippen LogP) is 3.75. The molecule has 7 heteroatoms. The highest BCUT2D eigenvalue weighted by atomic mass is 35.5. The van der Waals surface area contributed by atoms with Gasteiger partial charge in [-0.3, -0.25) is 9.36 Å². The Bertz CT molecular complexity index is 964. The number of aromatic hydroxyl groups is 1. The van der Waals surface area contributed by atoms with Crippen LogP contribution in [-0.2, 0) is 0 Å². The lowest BCUT2D eigenvalue weighted by atomic mass is 10.1. The molecule has 0 unspecified atom stereocenters. The fourth-order valence-electron chi connectivity index (χ4n) is 2.72. The molecule has 0 aliphatic carbocycles. The smallest absolute Gasteiger partial charge is 0.252 e. The number of carbonyl (C=O) groups is 1. The molecule has 118 valence electrons. The van der Waals surface area contributed by atoms with Gasteiger partial charge in [-0.1, -0.05) is 29.3 Å². The number of nitrogens with zero attached hydrogens (tertiary/aromatic N) is 2. The number of phenols is 1. The third-order valence-corrected chi connectivity index (χ3v) is 4.36. The molecule has 5 nitrogen and oxygen atoms in total. The Labute approximate surface area is 142 Å². The number of amides is 1. The van der Waals surface area contributed by atoms with Crippen molar-refractivity contribution in [1.29, 1.82) is 0 Å². The minimum Gasteiger partial charge on any atom is -0.508 e. The molecule has 0 aliphatic rings. The summed E-state index contributed by atoms with van der Waals surface area (Å²) in [5.74, 6) is -0.545. The molecule has 0 atom stereocenters. The fourth-order valence-corrected chi connectivity index (χ4v) is 3.23. The highest BCUT2D eigenvalue weighted by molar-refractivity contribution is 6.36. The molecule has 0 fully saturated rings. The summed E-state index contributed by atoms with van der Waals surface area (Å²) in [6.07, 6.45) is 1.47. The van der Waals surface area contributed by atoms with Gasteiger partial charge in [0.2, 0.25) is 0 Å². The standard InChI is InChI=1S/C16H13Cl2N3O2/c1-7-3-4-11(22)8(2)13(7)21-14(18)12(15(19)23)10-5-9(17)6-20-16(10)21/h3-6,22H,1-2H3,(H2,19,23). The van der Waals surface area contributed by atoms with E-state index in [2.05, 4.69) is 4.98 Å². The number of aromatic nitrogens is 2. The summed E-state index contributed by atoms with van der Waals surface area (Å²) in [7, 11) is 0. The van der Waals surface area contributed by atoms with Crippen LogP contribution in [0.2, 0.25) is 10.2 Å². The second-order valence-electron chi connectivity index (χ2n) is 5.27. The number of aryl methyl sites for hydroxylation is 1. The van der Waals surface area contributed by atoms with Crippen LogP contribution in [0.5, 0.6) is 5.75 Å². The summed E-state index contributed by atoms with van der Waals surface area (Å²) in [6.45, 7) is 3.64. The molecule has 0 bridgehead atoms. The molecule has 0 spiro atoms. The van der Waals surface area contributed by atoms with E-state index < -0.39 is 5.91 Å². The minimum atomic E-state index is -0.668. The van der Waals surface area contributed by atoms with E-state index >= 15 is 0 Å². The zero-order valence-corrected chi connectivity index (χ0v) is 13.9. The Hall–Kier alpha value is -2.24. The number of hydrogen-bond acceptors (Lipinski definition) is 3. The van der Waals surface area contributed by atoms with Gasteiger partial charge >= 0.3 is 0 Å². The minimum absolute atomic E-state index is 0.123. The number of carbonyl (C=O) groups excluding carboxylic acids is 1. The number of hydrogen-bond donors (Lipinski definition) is 2. The van der Waals surface area contributed by atoms with Crippen LogP contribution in [0.1, 0.15) is 21.5 Å². The van der Waals surface area contributed by atoms with Crippen LogP contribution < -0.4 is 5.73 Å². The van der Waals surface area contributed by atoms with Crippen molar-refractivity contribution in [2.24, 2.45) is 5.73 Å². The maximum Gasteiger partial charge on any atom is 0.252 e. The van der Waals surface area contributed by atoms with Gasteiger partial charge < -0.3 is 10.8 Å². The number of halogens is 2. The van der Waals surface area contributed by atoms with Gasteiger partial charge in [-0.15, -0.1) is 0 Å². The first-order valence-electron chi connectivity index (χ1n) is 6.77. The zero-order chi connectivity index (χ0) is 16.9. The lowest BCUT2D eigenvalue weighted by Gasteiger charge is -2.14. The molecular weight excluding hydrogens is 337 g/mol. The molecule has 3 rings (SSSR count). The number of rotatable bonds is 2. The summed E-state index contributed by atoms with van der Waals surface area (Å²) >= 11 is 12.4. The van der Waals surface area contributed by atoms with E-state index in [9.17, 15) is 9.90 Å². The molecule has 0 aliphatic heterocycles. The van der Waals surface area contributed by atoms with E-state index in [4.69, 9.17) is 28.9 Å². The molecular formula is C16H13Cl2N3O2. The lowest BCUT2D eigenvalue weighted by molar-refractivity contribution is 0.100. The van der Waals surface area contributed by atoms with Gasteiger partial charge in [-0.25, -0.2) is 4.98 Å². The first-order valence-corrected chi connectivity index (χ1v) is 7.53. The first kappa shape index (κ1) is 15.6. The molecule has 3 N–H and O–H groups in total. The van der Waals surface area contributed by atoms with E-state index in [0.717, 1.165) is 5.56 Å². The Morgan fingerprint density at radius 1 is 1.30 bits per heavy atom. The maximum absolute atomic E-state index is 11.8. The van der Waals surface area contributed by atoms with Gasteiger partial charge in [0.15, 0.2) is 0 Å². The number of nitrogens with two attached hydrogens (primary N) is 1. The molecule has 0 saturated carbocycles. The van der Waals surface area contributed by atoms with E-state index in [-0.39, 0.29) is 16.5 Å². The van der Waals surface area contributed by atoms with Crippen molar-refractivity contribution < 1.29 is 9.90 Å². The van der Waals surface area contributed by atoms with Crippen molar-refractivity contribution in [3.05, 3.63) is 51.3 Å². The van der Waals surface area contributed by atoms with Crippen LogP contribution in [0.4, 0.5) is 0 Å². The van der Waals surface area contributed by atoms with E-state index in [1.54, 1.807) is 29.7 Å². The summed E-state index contributed by atoms with van der Waals surface area (Å²) in [5.41, 5.74) is 8.22. The SMILES string of the molecule is Cc1ccc(O)c(C)c1-n1c(Cl)c(C(N)=O)c2cc(Cl)cnc21. The normalized spacial score (nSPS) is 11.1. The Kier molecular flexibility index (Phi) is 3.70. The molecule has 1 aromatic carbocycles. The van der Waals surface area contributed by atoms with Crippen LogP contribution in [0, 0.1) is 13.8 Å². The van der Waals surface area contributed by atoms with Gasteiger partial charge in [-0.05, 0) is 31.5 Å². The average molecular weight is 350 g/mol. The number of pyridine rings is 1. The molecule has 3 aromatic rings.